The van der Waals surface area contributed by atoms with E-state index >= 15 is 0 Å². The van der Waals surface area contributed by atoms with Crippen molar-refractivity contribution < 1.29 is 19.1 Å². The number of Topliss-reactive ketones (excluding diaryl/α,β-unsaturated/α-hetero) is 1. The first-order valence-electron chi connectivity index (χ1n) is 4.75. The molecule has 0 saturated heterocycles. The van der Waals surface area contributed by atoms with E-state index in [9.17, 15) is 9.59 Å². The van der Waals surface area contributed by atoms with Crippen LogP contribution < -0.4 is 10.5 Å². The van der Waals surface area contributed by atoms with Crippen molar-refractivity contribution in [2.75, 3.05) is 19.5 Å². The molecule has 0 amide bonds. The highest BCUT2D eigenvalue weighted by molar-refractivity contribution is 9.10. The summed E-state index contributed by atoms with van der Waals surface area (Å²) in [6, 6.07) is 3.18. The lowest BCUT2D eigenvalue weighted by Crippen LogP contribution is -2.15. The molecule has 0 aliphatic heterocycles. The lowest BCUT2D eigenvalue weighted by molar-refractivity contribution is -0.142. The van der Waals surface area contributed by atoms with Crippen LogP contribution in [-0.2, 0) is 9.53 Å². The van der Waals surface area contributed by atoms with Gasteiger partial charge in [-0.3, -0.25) is 4.79 Å². The van der Waals surface area contributed by atoms with E-state index in [1.54, 1.807) is 12.1 Å². The summed E-state index contributed by atoms with van der Waals surface area (Å²) < 4.78 is 10.3. The molecule has 5 nitrogen and oxygen atoms in total. The minimum absolute atomic E-state index is 0.196. The second kappa shape index (κ2) is 5.67. The Morgan fingerprint density at radius 2 is 2.06 bits per heavy atom. The molecule has 0 heterocycles. The fourth-order valence-corrected chi connectivity index (χ4v) is 1.70. The Bertz CT molecular complexity index is 459. The van der Waals surface area contributed by atoms with Crippen LogP contribution in [0.25, 0.3) is 0 Å². The summed E-state index contributed by atoms with van der Waals surface area (Å²) >= 11 is 3.23. The lowest BCUT2D eigenvalue weighted by Gasteiger charge is -2.12. The predicted octanol–water partition coefficient (Wildman–Crippen LogP) is 1.79. The number of esters is 1. The van der Waals surface area contributed by atoms with Crippen molar-refractivity contribution in [1.82, 2.24) is 0 Å². The number of benzene rings is 1. The molecule has 0 atom stereocenters. The van der Waals surface area contributed by atoms with Gasteiger partial charge in [-0.2, -0.15) is 0 Å². The lowest BCUT2D eigenvalue weighted by atomic mass is 10.1. The first-order valence-corrected chi connectivity index (χ1v) is 5.54. The number of rotatable bonds is 4. The fourth-order valence-electron chi connectivity index (χ4n) is 1.23. The number of carbonyl (C=O) groups is 2. The van der Waals surface area contributed by atoms with E-state index in [-0.39, 0.29) is 23.8 Å². The smallest absolute Gasteiger partial charge is 0.343 e. The van der Waals surface area contributed by atoms with Gasteiger partial charge < -0.3 is 15.2 Å². The summed E-state index contributed by atoms with van der Waals surface area (Å²) in [6.07, 6.45) is 0. The highest BCUT2D eigenvalue weighted by Gasteiger charge is 2.15. The molecule has 0 aromatic heterocycles. The Morgan fingerprint density at radius 3 is 2.59 bits per heavy atom. The van der Waals surface area contributed by atoms with E-state index in [0.717, 1.165) is 0 Å². The molecule has 0 spiro atoms. The van der Waals surface area contributed by atoms with Crippen LogP contribution in [0.1, 0.15) is 17.3 Å². The van der Waals surface area contributed by atoms with Crippen LogP contribution in [0, 0.1) is 0 Å². The Morgan fingerprint density at radius 1 is 1.41 bits per heavy atom. The van der Waals surface area contributed by atoms with Crippen molar-refractivity contribution in [1.29, 1.82) is 0 Å². The summed E-state index contributed by atoms with van der Waals surface area (Å²) in [4.78, 5) is 22.4. The first kappa shape index (κ1) is 13.5. The van der Waals surface area contributed by atoms with Crippen LogP contribution in [0.4, 0.5) is 5.69 Å². The molecule has 1 aromatic carbocycles. The van der Waals surface area contributed by atoms with E-state index in [4.69, 9.17) is 10.5 Å². The van der Waals surface area contributed by atoms with Gasteiger partial charge in [-0.25, -0.2) is 4.79 Å². The number of anilines is 1. The molecule has 0 aliphatic rings. The zero-order valence-corrected chi connectivity index (χ0v) is 11.0. The molecular formula is C11H12BrNO4. The average molecular weight is 302 g/mol. The van der Waals surface area contributed by atoms with Crippen molar-refractivity contribution in [2.45, 2.75) is 6.92 Å². The first-order chi connectivity index (χ1) is 7.95. The van der Waals surface area contributed by atoms with Crippen molar-refractivity contribution in [3.63, 3.8) is 0 Å². The maximum absolute atomic E-state index is 11.4. The summed E-state index contributed by atoms with van der Waals surface area (Å²) in [6.45, 7) is 1.11. The standard InChI is InChI=1S/C11H12BrNO4/c1-6(14)8-3-7(12)4-9(13)11(8)17-5-10(15)16-2/h3-4H,5,13H2,1-2H3. The van der Waals surface area contributed by atoms with E-state index < -0.39 is 5.97 Å². The number of halogens is 1. The molecule has 0 saturated carbocycles. The normalized spacial score (nSPS) is 9.82. The maximum atomic E-state index is 11.4. The Hall–Kier alpha value is -1.56. The van der Waals surface area contributed by atoms with Crippen molar-refractivity contribution in [2.24, 2.45) is 0 Å². The van der Waals surface area contributed by atoms with Crippen molar-refractivity contribution >= 4 is 33.4 Å². The molecule has 0 radical (unpaired) electrons. The quantitative estimate of drug-likeness (QED) is 0.521. The number of ketones is 1. The minimum atomic E-state index is -0.540. The third-order valence-electron chi connectivity index (χ3n) is 2.02. The summed E-state index contributed by atoms with van der Waals surface area (Å²) in [5.74, 6) is -0.536. The van der Waals surface area contributed by atoms with Gasteiger partial charge in [-0.15, -0.1) is 0 Å². The van der Waals surface area contributed by atoms with E-state index in [1.807, 2.05) is 0 Å². The molecular weight excluding hydrogens is 290 g/mol. The maximum Gasteiger partial charge on any atom is 0.343 e. The van der Waals surface area contributed by atoms with Gasteiger partial charge in [-0.05, 0) is 19.1 Å². The Balaban J connectivity index is 3.04. The number of carbonyl (C=O) groups excluding carboxylic acids is 2. The third kappa shape index (κ3) is 3.45. The molecule has 1 rings (SSSR count). The van der Waals surface area contributed by atoms with E-state index in [0.29, 0.717) is 10.0 Å². The van der Waals surface area contributed by atoms with Gasteiger partial charge in [-0.1, -0.05) is 15.9 Å². The van der Waals surface area contributed by atoms with Gasteiger partial charge in [0, 0.05) is 4.47 Å². The molecule has 0 bridgehead atoms. The molecule has 0 aliphatic carbocycles. The van der Waals surface area contributed by atoms with Gasteiger partial charge >= 0.3 is 5.97 Å². The molecule has 0 fully saturated rings. The predicted molar refractivity (Wildman–Crippen MR) is 66.1 cm³/mol. The van der Waals surface area contributed by atoms with Crippen LogP contribution in [0.5, 0.6) is 5.75 Å². The molecule has 2 N–H and O–H groups in total. The van der Waals surface area contributed by atoms with Crippen molar-refractivity contribution in [3.05, 3.63) is 22.2 Å². The van der Waals surface area contributed by atoms with Gasteiger partial charge in [0.1, 0.15) is 0 Å². The van der Waals surface area contributed by atoms with E-state index in [2.05, 4.69) is 20.7 Å². The number of hydrogen-bond donors (Lipinski definition) is 1. The number of nitrogens with two attached hydrogens (primary N) is 1. The average Bonchev–Trinajstić information content (AvgIpc) is 2.26. The molecule has 17 heavy (non-hydrogen) atoms. The molecule has 0 unspecified atom stereocenters. The van der Waals surface area contributed by atoms with Crippen LogP contribution in [0.15, 0.2) is 16.6 Å². The summed E-state index contributed by atoms with van der Waals surface area (Å²) in [5.41, 5.74) is 6.33. The largest absolute Gasteiger partial charge is 0.479 e. The van der Waals surface area contributed by atoms with Gasteiger partial charge in [0.25, 0.3) is 0 Å². The minimum Gasteiger partial charge on any atom is -0.479 e. The van der Waals surface area contributed by atoms with Gasteiger partial charge in [0.05, 0.1) is 18.4 Å². The summed E-state index contributed by atoms with van der Waals surface area (Å²) in [5, 5.41) is 0. The highest BCUT2D eigenvalue weighted by atomic mass is 79.9. The third-order valence-corrected chi connectivity index (χ3v) is 2.48. The zero-order chi connectivity index (χ0) is 13.0. The number of hydrogen-bond acceptors (Lipinski definition) is 5. The van der Waals surface area contributed by atoms with Crippen LogP contribution in [0.2, 0.25) is 0 Å². The summed E-state index contributed by atoms with van der Waals surface area (Å²) in [7, 11) is 1.25. The monoisotopic (exact) mass is 301 g/mol. The van der Waals surface area contributed by atoms with Gasteiger partial charge in [0.2, 0.25) is 0 Å². The van der Waals surface area contributed by atoms with Crippen LogP contribution in [0.3, 0.4) is 0 Å². The SMILES string of the molecule is COC(=O)COc1c(N)cc(Br)cc1C(C)=O. The molecule has 6 heteroatoms. The zero-order valence-electron chi connectivity index (χ0n) is 9.45. The Kier molecular flexibility index (Phi) is 4.51. The van der Waals surface area contributed by atoms with Gasteiger partial charge in [0.15, 0.2) is 18.1 Å². The van der Waals surface area contributed by atoms with Crippen LogP contribution >= 0.6 is 15.9 Å². The topological polar surface area (TPSA) is 78.6 Å². The highest BCUT2D eigenvalue weighted by Crippen LogP contribution is 2.31. The van der Waals surface area contributed by atoms with E-state index in [1.165, 1.54) is 14.0 Å². The van der Waals surface area contributed by atoms with Crippen molar-refractivity contribution in [3.8, 4) is 5.75 Å². The number of ether oxygens (including phenoxy) is 2. The second-order valence-electron chi connectivity index (χ2n) is 3.29. The second-order valence-corrected chi connectivity index (χ2v) is 4.21. The Labute approximate surface area is 107 Å². The van der Waals surface area contributed by atoms with Crippen LogP contribution in [-0.4, -0.2) is 25.5 Å². The molecule has 1 aromatic rings. The number of nitrogen functional groups attached to an aromatic ring is 1. The molecule has 92 valence electrons. The number of methoxy groups -OCH3 is 1. The fraction of sp³-hybridized carbons (Fsp3) is 0.273.